The molecule has 9 heteroatoms. The molecule has 0 bridgehead atoms. The number of anilines is 1. The number of carbonyl (C=O) groups excluding carboxylic acids is 1. The Hall–Kier alpha value is -3.46. The molecule has 182 valence electrons. The zero-order chi connectivity index (χ0) is 23.9. The van der Waals surface area contributed by atoms with Crippen LogP contribution in [0.1, 0.15) is 49.0 Å². The maximum absolute atomic E-state index is 13.0. The molecule has 1 saturated carbocycles. The first-order valence-electron chi connectivity index (χ1n) is 12.6. The van der Waals surface area contributed by atoms with Gasteiger partial charge in [-0.1, -0.05) is 0 Å². The lowest BCUT2D eigenvalue weighted by Crippen LogP contribution is -2.36. The van der Waals surface area contributed by atoms with Gasteiger partial charge in [0.25, 0.3) is 5.91 Å². The summed E-state index contributed by atoms with van der Waals surface area (Å²) in [7, 11) is 4.33. The number of imidazole rings is 1. The van der Waals surface area contributed by atoms with Crippen molar-refractivity contribution in [2.45, 2.75) is 50.6 Å². The van der Waals surface area contributed by atoms with Crippen molar-refractivity contribution in [2.75, 3.05) is 32.5 Å². The monoisotopic (exact) mass is 472 g/mol. The van der Waals surface area contributed by atoms with Gasteiger partial charge in [0, 0.05) is 48.7 Å². The topological polar surface area (TPSA) is 83.1 Å². The van der Waals surface area contributed by atoms with Crippen molar-refractivity contribution in [2.24, 2.45) is 0 Å². The molecule has 1 amide bonds. The van der Waals surface area contributed by atoms with Crippen LogP contribution in [-0.4, -0.2) is 79.0 Å². The highest BCUT2D eigenvalue weighted by atomic mass is 16.2. The van der Waals surface area contributed by atoms with E-state index in [1.165, 1.54) is 12.8 Å². The molecule has 2 aliphatic rings. The van der Waals surface area contributed by atoms with Gasteiger partial charge in [-0.2, -0.15) is 0 Å². The van der Waals surface area contributed by atoms with E-state index in [0.717, 1.165) is 61.1 Å². The average molecular weight is 473 g/mol. The van der Waals surface area contributed by atoms with E-state index in [1.54, 1.807) is 6.20 Å². The number of aromatic nitrogens is 5. The summed E-state index contributed by atoms with van der Waals surface area (Å²) in [5, 5.41) is 8.26. The molecule has 1 saturated heterocycles. The third-order valence-electron chi connectivity index (χ3n) is 7.61. The number of amides is 1. The molecular weight excluding hydrogens is 440 g/mol. The highest BCUT2D eigenvalue weighted by Crippen LogP contribution is 2.28. The summed E-state index contributed by atoms with van der Waals surface area (Å²) in [6.07, 6.45) is 14.3. The number of nitrogens with one attached hydrogen (secondary N) is 1. The molecule has 6 rings (SSSR count). The highest BCUT2D eigenvalue weighted by molar-refractivity contribution is 5.93. The molecule has 1 aliphatic carbocycles. The Morgan fingerprint density at radius 1 is 1.03 bits per heavy atom. The van der Waals surface area contributed by atoms with Crippen molar-refractivity contribution in [3.8, 4) is 11.1 Å². The van der Waals surface area contributed by atoms with E-state index in [4.69, 9.17) is 5.10 Å². The minimum atomic E-state index is 0.0487. The summed E-state index contributed by atoms with van der Waals surface area (Å²) < 4.78 is 3.78. The van der Waals surface area contributed by atoms with Crippen molar-refractivity contribution in [3.63, 3.8) is 0 Å². The van der Waals surface area contributed by atoms with Crippen molar-refractivity contribution < 1.29 is 4.79 Å². The lowest BCUT2D eigenvalue weighted by Gasteiger charge is -2.32. The SMILES string of the molecule is CN(C)C1CCC(Nc2ncc3c(-c4ccc5ncc(C(=O)N6CCCC6)n5c4)ccn3n2)CC1. The number of hydrogen-bond acceptors (Lipinski definition) is 6. The second-order valence-electron chi connectivity index (χ2n) is 10.0. The van der Waals surface area contributed by atoms with Crippen LogP contribution < -0.4 is 5.32 Å². The maximum atomic E-state index is 13.0. The third-order valence-corrected chi connectivity index (χ3v) is 7.61. The molecule has 35 heavy (non-hydrogen) atoms. The van der Waals surface area contributed by atoms with Gasteiger partial charge in [-0.05, 0) is 70.8 Å². The second kappa shape index (κ2) is 8.96. The molecule has 0 spiro atoms. The zero-order valence-corrected chi connectivity index (χ0v) is 20.4. The number of hydrogen-bond donors (Lipinski definition) is 1. The quantitative estimate of drug-likeness (QED) is 0.478. The summed E-state index contributed by atoms with van der Waals surface area (Å²) >= 11 is 0. The molecule has 1 N–H and O–H groups in total. The van der Waals surface area contributed by atoms with E-state index in [9.17, 15) is 4.79 Å². The number of fused-ring (bicyclic) bond motifs is 2. The Morgan fingerprint density at radius 2 is 1.83 bits per heavy atom. The smallest absolute Gasteiger partial charge is 0.272 e. The molecule has 0 atom stereocenters. The number of nitrogens with zero attached hydrogens (tertiary/aromatic N) is 7. The van der Waals surface area contributed by atoms with Crippen LogP contribution in [0.5, 0.6) is 0 Å². The van der Waals surface area contributed by atoms with E-state index in [-0.39, 0.29) is 5.91 Å². The second-order valence-corrected chi connectivity index (χ2v) is 10.0. The normalized spacial score (nSPS) is 20.8. The van der Waals surface area contributed by atoms with Crippen LogP contribution in [0.2, 0.25) is 0 Å². The molecule has 0 unspecified atom stereocenters. The van der Waals surface area contributed by atoms with Gasteiger partial charge in [-0.25, -0.2) is 14.5 Å². The van der Waals surface area contributed by atoms with Crippen LogP contribution >= 0.6 is 0 Å². The van der Waals surface area contributed by atoms with Crippen LogP contribution in [0.15, 0.2) is 43.0 Å². The maximum Gasteiger partial charge on any atom is 0.272 e. The first-order valence-corrected chi connectivity index (χ1v) is 12.6. The Bertz CT molecular complexity index is 1360. The summed E-state index contributed by atoms with van der Waals surface area (Å²) in [5.74, 6) is 0.712. The van der Waals surface area contributed by atoms with Crippen molar-refractivity contribution in [1.82, 2.24) is 33.8 Å². The number of carbonyl (C=O) groups is 1. The number of rotatable bonds is 5. The highest BCUT2D eigenvalue weighted by Gasteiger charge is 2.24. The minimum absolute atomic E-state index is 0.0487. The summed E-state index contributed by atoms with van der Waals surface area (Å²) in [5.41, 5.74) is 4.34. The van der Waals surface area contributed by atoms with Gasteiger partial charge in [0.15, 0.2) is 0 Å². The fourth-order valence-electron chi connectivity index (χ4n) is 5.51. The van der Waals surface area contributed by atoms with Crippen LogP contribution in [-0.2, 0) is 0 Å². The number of pyridine rings is 1. The van der Waals surface area contributed by atoms with Crippen molar-refractivity contribution in [3.05, 3.63) is 48.7 Å². The first-order chi connectivity index (χ1) is 17.1. The van der Waals surface area contributed by atoms with Gasteiger partial charge >= 0.3 is 0 Å². The Labute approximate surface area is 204 Å². The van der Waals surface area contributed by atoms with Crippen LogP contribution in [0, 0.1) is 0 Å². The van der Waals surface area contributed by atoms with Gasteiger partial charge in [0.2, 0.25) is 5.95 Å². The Kier molecular flexibility index (Phi) is 5.64. The van der Waals surface area contributed by atoms with Gasteiger partial charge in [-0.3, -0.25) is 9.20 Å². The van der Waals surface area contributed by atoms with E-state index in [0.29, 0.717) is 23.7 Å². The lowest BCUT2D eigenvalue weighted by molar-refractivity contribution is 0.0786. The molecule has 1 aliphatic heterocycles. The summed E-state index contributed by atoms with van der Waals surface area (Å²) in [6, 6.07) is 7.13. The molecular formula is C26H32N8O. The lowest BCUT2D eigenvalue weighted by atomic mass is 9.91. The fraction of sp³-hybridized carbons (Fsp3) is 0.462. The van der Waals surface area contributed by atoms with Gasteiger partial charge in [0.05, 0.1) is 17.9 Å². The number of likely N-dealkylation sites (tertiary alicyclic amines) is 1. The molecule has 5 heterocycles. The minimum Gasteiger partial charge on any atom is -0.350 e. The summed E-state index contributed by atoms with van der Waals surface area (Å²) in [6.45, 7) is 1.64. The third kappa shape index (κ3) is 4.14. The molecule has 9 nitrogen and oxygen atoms in total. The van der Waals surface area contributed by atoms with E-state index < -0.39 is 0 Å². The Morgan fingerprint density at radius 3 is 2.60 bits per heavy atom. The first kappa shape index (κ1) is 22.0. The summed E-state index contributed by atoms with van der Waals surface area (Å²) in [4.78, 5) is 26.3. The molecule has 4 aromatic heterocycles. The molecule has 0 radical (unpaired) electrons. The van der Waals surface area contributed by atoms with E-state index in [2.05, 4.69) is 40.3 Å². The van der Waals surface area contributed by atoms with Crippen molar-refractivity contribution >= 4 is 23.0 Å². The van der Waals surface area contributed by atoms with Crippen LogP contribution in [0.25, 0.3) is 22.3 Å². The molecule has 2 fully saturated rings. The predicted octanol–water partition coefficient (Wildman–Crippen LogP) is 3.56. The Balaban J connectivity index is 1.24. The van der Waals surface area contributed by atoms with Crippen LogP contribution in [0.3, 0.4) is 0 Å². The van der Waals surface area contributed by atoms with E-state index >= 15 is 0 Å². The standard InChI is InChI=1S/C26H32N8O/c1-31(2)20-8-6-19(7-9-20)29-26-28-15-22-21(11-14-34(22)30-26)18-5-10-24-27-16-23(33(24)17-18)25(35)32-12-3-4-13-32/h5,10-11,14-17,19-20H,3-4,6-9,12-13H2,1-2H3,(H,29,30). The van der Waals surface area contributed by atoms with Gasteiger partial charge in [0.1, 0.15) is 11.3 Å². The molecule has 4 aromatic rings. The largest absolute Gasteiger partial charge is 0.350 e. The predicted molar refractivity (Wildman–Crippen MR) is 136 cm³/mol. The zero-order valence-electron chi connectivity index (χ0n) is 20.4. The van der Waals surface area contributed by atoms with Crippen molar-refractivity contribution in [1.29, 1.82) is 0 Å². The van der Waals surface area contributed by atoms with Crippen LogP contribution in [0.4, 0.5) is 5.95 Å². The fourth-order valence-corrected chi connectivity index (χ4v) is 5.51. The van der Waals surface area contributed by atoms with E-state index in [1.807, 2.05) is 44.5 Å². The van der Waals surface area contributed by atoms with Gasteiger partial charge in [-0.15, -0.1) is 5.10 Å². The van der Waals surface area contributed by atoms with Gasteiger partial charge < -0.3 is 15.1 Å². The average Bonchev–Trinajstić information content (AvgIpc) is 3.63. The molecule has 0 aromatic carbocycles.